The third-order valence-electron chi connectivity index (χ3n) is 5.88. The Kier molecular flexibility index (Phi) is 27.4. The molecule has 4 rings (SSSR count). The van der Waals surface area contributed by atoms with Gasteiger partial charge in [-0.3, -0.25) is 19.2 Å². The average molecular weight is 814 g/mol. The van der Waals surface area contributed by atoms with Crippen LogP contribution < -0.4 is 0 Å². The number of carboxylic acids is 4. The first kappa shape index (κ1) is 44.2. The molecule has 0 aliphatic rings. The first-order chi connectivity index (χ1) is 21.2. The summed E-state index contributed by atoms with van der Waals surface area (Å²) in [5.74, 6) is -2.97. The Labute approximate surface area is 297 Å². The molecule has 0 fully saturated rings. The van der Waals surface area contributed by atoms with Gasteiger partial charge in [0.2, 0.25) is 0 Å². The fourth-order valence-corrected chi connectivity index (χ4v) is 3.58. The zero-order chi connectivity index (χ0) is 32.4. The molecule has 46 heavy (non-hydrogen) atoms. The van der Waals surface area contributed by atoms with E-state index < -0.39 is 23.9 Å². The van der Waals surface area contributed by atoms with Gasteiger partial charge in [0.15, 0.2) is 0 Å². The van der Waals surface area contributed by atoms with E-state index in [0.717, 1.165) is 22.3 Å². The van der Waals surface area contributed by atoms with Gasteiger partial charge in [0.05, 0.1) is 0 Å². The van der Waals surface area contributed by atoms with Gasteiger partial charge in [-0.15, -0.1) is 0 Å². The molecule has 10 heteroatoms. The van der Waals surface area contributed by atoms with Crippen molar-refractivity contribution in [1.29, 1.82) is 0 Å². The van der Waals surface area contributed by atoms with E-state index in [1.54, 1.807) is 0 Å². The van der Waals surface area contributed by atoms with Crippen LogP contribution in [0.15, 0.2) is 121 Å². The number of hydrogen-bond donors (Lipinski definition) is 4. The Balaban J connectivity index is 0. The number of carbonyl (C=O) groups is 4. The van der Waals surface area contributed by atoms with E-state index in [4.69, 9.17) is 20.4 Å². The summed E-state index contributed by atoms with van der Waals surface area (Å²) in [6.45, 7) is 0. The molecule has 8 nitrogen and oxygen atoms in total. The van der Waals surface area contributed by atoms with Crippen molar-refractivity contribution in [2.24, 2.45) is 0 Å². The molecular weight excluding hydrogens is 773 g/mol. The molecule has 0 aliphatic heterocycles. The van der Waals surface area contributed by atoms with Gasteiger partial charge in [0, 0.05) is 66.5 Å². The summed E-state index contributed by atoms with van der Waals surface area (Å²) < 4.78 is 0. The van der Waals surface area contributed by atoms with Crippen molar-refractivity contribution in [3.05, 3.63) is 144 Å². The monoisotopic (exact) mass is 812 g/mol. The SMILES string of the molecule is O=C(O)CCc1ccccc1.O=C(O)CCc1ccccc1.O=C(O)CCc1ccccc1.O=C(O)CCc1ccccc1.[Pd].[Pd]. The average Bonchev–Trinajstić information content (AvgIpc) is 3.04. The van der Waals surface area contributed by atoms with Crippen LogP contribution in [0.4, 0.5) is 0 Å². The van der Waals surface area contributed by atoms with Gasteiger partial charge in [0.25, 0.3) is 0 Å². The molecular formula is C36H40O8Pd2. The van der Waals surface area contributed by atoms with Gasteiger partial charge < -0.3 is 20.4 Å². The third kappa shape index (κ3) is 26.5. The second-order valence-electron chi connectivity index (χ2n) is 9.52. The van der Waals surface area contributed by atoms with Gasteiger partial charge in [-0.25, -0.2) is 0 Å². The number of aliphatic carboxylic acids is 4. The Morgan fingerprint density at radius 2 is 0.478 bits per heavy atom. The van der Waals surface area contributed by atoms with E-state index in [-0.39, 0.29) is 66.5 Å². The smallest absolute Gasteiger partial charge is 0.303 e. The first-order valence-electron chi connectivity index (χ1n) is 14.2. The van der Waals surface area contributed by atoms with Crippen LogP contribution in [0.2, 0.25) is 0 Å². The summed E-state index contributed by atoms with van der Waals surface area (Å²) in [5, 5.41) is 33.5. The van der Waals surface area contributed by atoms with E-state index in [9.17, 15) is 19.2 Å². The molecule has 0 radical (unpaired) electrons. The molecule has 0 amide bonds. The van der Waals surface area contributed by atoms with Crippen molar-refractivity contribution < 1.29 is 80.4 Å². The summed E-state index contributed by atoms with van der Waals surface area (Å²) in [6, 6.07) is 38.5. The predicted octanol–water partition coefficient (Wildman–Crippen LogP) is 6.81. The number of benzene rings is 4. The van der Waals surface area contributed by atoms with Gasteiger partial charge in [-0.2, -0.15) is 0 Å². The van der Waals surface area contributed by atoms with Crippen molar-refractivity contribution in [3.8, 4) is 0 Å². The number of hydrogen-bond acceptors (Lipinski definition) is 4. The molecule has 0 atom stereocenters. The zero-order valence-corrected chi connectivity index (χ0v) is 28.4. The quantitative estimate of drug-likeness (QED) is 0.114. The van der Waals surface area contributed by atoms with Crippen molar-refractivity contribution in [2.75, 3.05) is 0 Å². The molecule has 0 spiro atoms. The minimum absolute atomic E-state index is 0. The minimum atomic E-state index is -0.742. The van der Waals surface area contributed by atoms with Crippen molar-refractivity contribution >= 4 is 23.9 Å². The van der Waals surface area contributed by atoms with Gasteiger partial charge >= 0.3 is 23.9 Å². The van der Waals surface area contributed by atoms with Crippen LogP contribution in [0.3, 0.4) is 0 Å². The van der Waals surface area contributed by atoms with E-state index in [1.807, 2.05) is 121 Å². The molecule has 0 unspecified atom stereocenters. The van der Waals surface area contributed by atoms with Gasteiger partial charge in [-0.05, 0) is 47.9 Å². The summed E-state index contributed by atoms with van der Waals surface area (Å²) in [6.07, 6.45) is 3.33. The Morgan fingerprint density at radius 3 is 0.609 bits per heavy atom. The largest absolute Gasteiger partial charge is 0.481 e. The van der Waals surface area contributed by atoms with Crippen molar-refractivity contribution in [2.45, 2.75) is 51.4 Å². The van der Waals surface area contributed by atoms with Crippen LogP contribution in [-0.2, 0) is 85.7 Å². The second-order valence-corrected chi connectivity index (χ2v) is 9.52. The van der Waals surface area contributed by atoms with Crippen LogP contribution in [0.1, 0.15) is 47.9 Å². The maximum atomic E-state index is 10.2. The second kappa shape index (κ2) is 28.6. The normalized spacial score (nSPS) is 9.04. The first-order valence-corrected chi connectivity index (χ1v) is 14.2. The fraction of sp³-hybridized carbons (Fsp3) is 0.222. The maximum absolute atomic E-state index is 10.2. The minimum Gasteiger partial charge on any atom is -0.481 e. The van der Waals surface area contributed by atoms with Crippen LogP contribution in [0.25, 0.3) is 0 Å². The molecule has 0 bridgehead atoms. The van der Waals surface area contributed by atoms with E-state index in [0.29, 0.717) is 25.7 Å². The van der Waals surface area contributed by atoms with Gasteiger partial charge in [0.1, 0.15) is 0 Å². The van der Waals surface area contributed by atoms with Crippen LogP contribution in [-0.4, -0.2) is 44.3 Å². The molecule has 0 saturated heterocycles. The standard InChI is InChI=1S/4C9H10O2.2Pd/c4*10-9(11)7-6-8-4-2-1-3-5-8;;/h4*1-5H,6-7H2,(H,10,11);;. The Hall–Kier alpha value is -3.92. The molecule has 4 aromatic carbocycles. The molecule has 0 aliphatic carbocycles. The summed E-state index contributed by atoms with van der Waals surface area (Å²) in [5.41, 5.74) is 4.31. The fourth-order valence-electron chi connectivity index (χ4n) is 3.58. The number of aryl methyl sites for hydroxylation is 4. The number of rotatable bonds is 12. The predicted molar refractivity (Wildman–Crippen MR) is 170 cm³/mol. The van der Waals surface area contributed by atoms with E-state index in [1.165, 1.54) is 0 Å². The van der Waals surface area contributed by atoms with Crippen LogP contribution in [0, 0.1) is 0 Å². The van der Waals surface area contributed by atoms with E-state index >= 15 is 0 Å². The summed E-state index contributed by atoms with van der Waals surface area (Å²) in [7, 11) is 0. The third-order valence-corrected chi connectivity index (χ3v) is 5.88. The van der Waals surface area contributed by atoms with Gasteiger partial charge in [-0.1, -0.05) is 121 Å². The zero-order valence-electron chi connectivity index (χ0n) is 25.3. The Bertz CT molecular complexity index is 1140. The van der Waals surface area contributed by atoms with Crippen LogP contribution in [0.5, 0.6) is 0 Å². The molecule has 0 heterocycles. The maximum Gasteiger partial charge on any atom is 0.303 e. The summed E-state index contributed by atoms with van der Waals surface area (Å²) >= 11 is 0. The van der Waals surface area contributed by atoms with Crippen molar-refractivity contribution in [1.82, 2.24) is 0 Å². The summed E-state index contributed by atoms with van der Waals surface area (Å²) in [4.78, 5) is 40.7. The van der Waals surface area contributed by atoms with Crippen molar-refractivity contribution in [3.63, 3.8) is 0 Å². The molecule has 0 saturated carbocycles. The molecule has 252 valence electrons. The van der Waals surface area contributed by atoms with Crippen LogP contribution >= 0.6 is 0 Å². The molecule has 4 aromatic rings. The number of carboxylic acid groups (broad SMARTS) is 4. The topological polar surface area (TPSA) is 149 Å². The Morgan fingerprint density at radius 1 is 0.326 bits per heavy atom. The molecule has 0 aromatic heterocycles. The van der Waals surface area contributed by atoms with E-state index in [2.05, 4.69) is 0 Å². The molecule has 4 N–H and O–H groups in total.